The molecule has 2 aromatic carbocycles. The van der Waals surface area contributed by atoms with Gasteiger partial charge in [0.2, 0.25) is 10.0 Å². The summed E-state index contributed by atoms with van der Waals surface area (Å²) in [6.07, 6.45) is 4.37. The number of nitrogens with one attached hydrogen (secondary N) is 1. The highest BCUT2D eigenvalue weighted by molar-refractivity contribution is 7.89. The van der Waals surface area contributed by atoms with Gasteiger partial charge in [0.15, 0.2) is 6.61 Å². The number of benzene rings is 2. The fourth-order valence-corrected chi connectivity index (χ4v) is 5.60. The largest absolute Gasteiger partial charge is 0.497 e. The van der Waals surface area contributed by atoms with Crippen LogP contribution in [0.4, 0.5) is 5.69 Å². The fourth-order valence-electron chi connectivity index (χ4n) is 3.83. The van der Waals surface area contributed by atoms with Gasteiger partial charge in [-0.05, 0) is 61.6 Å². The summed E-state index contributed by atoms with van der Waals surface area (Å²) in [6, 6.07) is 12.1. The summed E-state index contributed by atoms with van der Waals surface area (Å²) in [5, 5.41) is 2.63. The molecular formula is C25H32N2O6S. The molecule has 34 heavy (non-hydrogen) atoms. The van der Waals surface area contributed by atoms with Crippen LogP contribution in [-0.4, -0.2) is 51.4 Å². The summed E-state index contributed by atoms with van der Waals surface area (Å²) in [5.41, 5.74) is 1.92. The van der Waals surface area contributed by atoms with Crippen LogP contribution in [0.2, 0.25) is 0 Å². The van der Waals surface area contributed by atoms with Crippen LogP contribution in [0.3, 0.4) is 0 Å². The molecule has 0 radical (unpaired) electrons. The molecule has 8 nitrogen and oxygen atoms in total. The summed E-state index contributed by atoms with van der Waals surface area (Å²) in [5.74, 6) is -0.277. The molecule has 0 bridgehead atoms. The van der Waals surface area contributed by atoms with Crippen molar-refractivity contribution in [2.75, 3.05) is 32.1 Å². The van der Waals surface area contributed by atoms with E-state index in [1.54, 1.807) is 26.2 Å². The van der Waals surface area contributed by atoms with Gasteiger partial charge < -0.3 is 14.8 Å². The van der Waals surface area contributed by atoms with Crippen LogP contribution in [-0.2, 0) is 30.8 Å². The van der Waals surface area contributed by atoms with Gasteiger partial charge in [0.25, 0.3) is 5.91 Å². The van der Waals surface area contributed by atoms with Crippen molar-refractivity contribution >= 4 is 27.6 Å². The number of methoxy groups -OCH3 is 1. The van der Waals surface area contributed by atoms with Crippen molar-refractivity contribution in [3.8, 4) is 5.75 Å². The predicted octanol–water partition coefficient (Wildman–Crippen LogP) is 3.68. The minimum absolute atomic E-state index is 0.141. The quantitative estimate of drug-likeness (QED) is 0.540. The second-order valence-corrected chi connectivity index (χ2v) is 10.3. The van der Waals surface area contributed by atoms with Gasteiger partial charge >= 0.3 is 5.97 Å². The Kier molecular flexibility index (Phi) is 9.06. The zero-order valence-corrected chi connectivity index (χ0v) is 20.5. The van der Waals surface area contributed by atoms with Crippen LogP contribution >= 0.6 is 0 Å². The zero-order valence-electron chi connectivity index (χ0n) is 19.7. The maximum atomic E-state index is 13.2. The number of aryl methyl sites for hydroxylation is 2. The molecule has 0 aromatic heterocycles. The number of hydrogen-bond acceptors (Lipinski definition) is 6. The van der Waals surface area contributed by atoms with E-state index in [-0.39, 0.29) is 11.3 Å². The zero-order chi connectivity index (χ0) is 24.6. The van der Waals surface area contributed by atoms with E-state index in [0.29, 0.717) is 30.8 Å². The lowest BCUT2D eigenvalue weighted by Crippen LogP contribution is -2.32. The van der Waals surface area contributed by atoms with Crippen LogP contribution in [0, 0.1) is 6.92 Å². The van der Waals surface area contributed by atoms with Crippen molar-refractivity contribution in [1.29, 1.82) is 0 Å². The lowest BCUT2D eigenvalue weighted by Gasteiger charge is -2.21. The van der Waals surface area contributed by atoms with Crippen LogP contribution in [0.5, 0.6) is 5.75 Å². The van der Waals surface area contributed by atoms with Gasteiger partial charge in [0.1, 0.15) is 5.75 Å². The Morgan fingerprint density at radius 2 is 1.68 bits per heavy atom. The van der Waals surface area contributed by atoms with Crippen LogP contribution < -0.4 is 10.1 Å². The van der Waals surface area contributed by atoms with Crippen LogP contribution in [0.1, 0.15) is 43.2 Å². The first-order valence-corrected chi connectivity index (χ1v) is 12.9. The molecule has 1 N–H and O–H groups in total. The lowest BCUT2D eigenvalue weighted by molar-refractivity contribution is -0.147. The molecule has 0 atom stereocenters. The Balaban J connectivity index is 1.53. The molecule has 1 fully saturated rings. The molecule has 0 saturated carbocycles. The summed E-state index contributed by atoms with van der Waals surface area (Å²) in [4.78, 5) is 24.5. The smallest absolute Gasteiger partial charge is 0.306 e. The van der Waals surface area contributed by atoms with Crippen molar-refractivity contribution in [3.05, 3.63) is 53.6 Å². The normalized spacial score (nSPS) is 14.8. The number of nitrogens with zero attached hydrogens (tertiary/aromatic N) is 1. The number of anilines is 1. The number of sulfonamides is 1. The van der Waals surface area contributed by atoms with Crippen molar-refractivity contribution in [2.45, 2.75) is 50.3 Å². The van der Waals surface area contributed by atoms with Crippen LogP contribution in [0.25, 0.3) is 0 Å². The van der Waals surface area contributed by atoms with Crippen molar-refractivity contribution in [1.82, 2.24) is 4.31 Å². The van der Waals surface area contributed by atoms with Crippen molar-refractivity contribution in [2.24, 2.45) is 0 Å². The first-order valence-electron chi connectivity index (χ1n) is 11.5. The van der Waals surface area contributed by atoms with Gasteiger partial charge in [0, 0.05) is 25.2 Å². The maximum Gasteiger partial charge on any atom is 0.306 e. The molecule has 0 unspecified atom stereocenters. The Morgan fingerprint density at radius 3 is 2.32 bits per heavy atom. The molecular weight excluding hydrogens is 456 g/mol. The van der Waals surface area contributed by atoms with Crippen LogP contribution in [0.15, 0.2) is 47.4 Å². The molecule has 1 amide bonds. The standard InChI is InChI=1S/C25H32N2O6S/c1-19-7-11-21(17-23(19)34(30,31)27-15-5-3-4-6-16-27)26-24(28)18-33-25(29)14-10-20-8-12-22(32-2)13-9-20/h7-9,11-13,17H,3-6,10,14-16,18H2,1-2H3,(H,26,28). The molecule has 0 aliphatic carbocycles. The van der Waals surface area contributed by atoms with Gasteiger partial charge in [-0.15, -0.1) is 0 Å². The molecule has 1 heterocycles. The Morgan fingerprint density at radius 1 is 1.00 bits per heavy atom. The highest BCUT2D eigenvalue weighted by Gasteiger charge is 2.27. The molecule has 1 aliphatic heterocycles. The van der Waals surface area contributed by atoms with E-state index in [9.17, 15) is 18.0 Å². The highest BCUT2D eigenvalue weighted by Crippen LogP contribution is 2.26. The first-order chi connectivity index (χ1) is 16.3. The van der Waals surface area contributed by atoms with E-state index < -0.39 is 28.5 Å². The summed E-state index contributed by atoms with van der Waals surface area (Å²) in [6.45, 7) is 2.31. The molecule has 184 valence electrons. The fraction of sp³-hybridized carbons (Fsp3) is 0.440. The number of carbonyl (C=O) groups excluding carboxylic acids is 2. The van der Waals surface area contributed by atoms with E-state index in [1.807, 2.05) is 24.3 Å². The summed E-state index contributed by atoms with van der Waals surface area (Å²) >= 11 is 0. The third-order valence-corrected chi connectivity index (χ3v) is 7.84. The molecule has 0 spiro atoms. The number of amides is 1. The summed E-state index contributed by atoms with van der Waals surface area (Å²) < 4.78 is 38.1. The third-order valence-electron chi connectivity index (χ3n) is 5.80. The van der Waals surface area contributed by atoms with Gasteiger partial charge in [-0.25, -0.2) is 8.42 Å². The lowest BCUT2D eigenvalue weighted by atomic mass is 10.1. The summed E-state index contributed by atoms with van der Waals surface area (Å²) in [7, 11) is -2.06. The van der Waals surface area contributed by atoms with E-state index in [4.69, 9.17) is 9.47 Å². The van der Waals surface area contributed by atoms with Gasteiger partial charge in [-0.2, -0.15) is 4.31 Å². The maximum absolute atomic E-state index is 13.2. The minimum atomic E-state index is -3.65. The van der Waals surface area contributed by atoms with Gasteiger partial charge in [-0.1, -0.05) is 31.0 Å². The minimum Gasteiger partial charge on any atom is -0.497 e. The third kappa shape index (κ3) is 7.04. The molecule has 2 aromatic rings. The van der Waals surface area contributed by atoms with E-state index >= 15 is 0 Å². The number of esters is 1. The van der Waals surface area contributed by atoms with Gasteiger partial charge in [0.05, 0.1) is 12.0 Å². The molecule has 9 heteroatoms. The molecule has 1 aliphatic rings. The Hall–Kier alpha value is -2.91. The van der Waals surface area contributed by atoms with E-state index in [2.05, 4.69) is 5.32 Å². The number of hydrogen-bond donors (Lipinski definition) is 1. The second-order valence-electron chi connectivity index (χ2n) is 8.36. The van der Waals surface area contributed by atoms with E-state index in [1.165, 1.54) is 10.4 Å². The number of carbonyl (C=O) groups is 2. The van der Waals surface area contributed by atoms with E-state index in [0.717, 1.165) is 37.0 Å². The Bertz CT molecular complexity index is 1090. The highest BCUT2D eigenvalue weighted by atomic mass is 32.2. The predicted molar refractivity (Wildman–Crippen MR) is 129 cm³/mol. The average Bonchev–Trinajstić information content (AvgIpc) is 3.13. The van der Waals surface area contributed by atoms with Crippen molar-refractivity contribution in [3.63, 3.8) is 0 Å². The monoisotopic (exact) mass is 488 g/mol. The first kappa shape index (κ1) is 25.7. The number of ether oxygens (including phenoxy) is 2. The van der Waals surface area contributed by atoms with Gasteiger partial charge in [-0.3, -0.25) is 9.59 Å². The molecule has 1 saturated heterocycles. The Labute approximate surface area is 201 Å². The second kappa shape index (κ2) is 12.0. The van der Waals surface area contributed by atoms with Crippen molar-refractivity contribution < 1.29 is 27.5 Å². The number of rotatable bonds is 9. The average molecular weight is 489 g/mol. The topological polar surface area (TPSA) is 102 Å². The SMILES string of the molecule is COc1ccc(CCC(=O)OCC(=O)Nc2ccc(C)c(S(=O)(=O)N3CCCCCC3)c2)cc1. The molecule has 3 rings (SSSR count).